The summed E-state index contributed by atoms with van der Waals surface area (Å²) in [6, 6.07) is 22.4. The van der Waals surface area contributed by atoms with Gasteiger partial charge in [0, 0.05) is 17.8 Å². The van der Waals surface area contributed by atoms with Crippen molar-refractivity contribution in [3.05, 3.63) is 88.9 Å². The van der Waals surface area contributed by atoms with Crippen molar-refractivity contribution in [2.24, 2.45) is 0 Å². The van der Waals surface area contributed by atoms with Gasteiger partial charge in [-0.3, -0.25) is 5.10 Å². The van der Waals surface area contributed by atoms with Gasteiger partial charge in [0.1, 0.15) is 6.61 Å². The van der Waals surface area contributed by atoms with E-state index in [9.17, 15) is 4.79 Å². The molecule has 0 spiro atoms. The molecule has 8 nitrogen and oxygen atoms in total. The largest absolute Gasteiger partial charge is 0.492 e. The molecule has 0 radical (unpaired) electrons. The number of nitrogen functional groups attached to an aromatic ring is 1. The average Bonchev–Trinajstić information content (AvgIpc) is 3.53. The monoisotopic (exact) mass is 536 g/mol. The van der Waals surface area contributed by atoms with E-state index in [1.54, 1.807) is 0 Å². The standard InChI is InChI=1S/C31H33BN4O4/c1-30(2)31(3,4)40-32(39-30)20(15-19-13-14-25-27(16-19)35-36-28(25)33)17-34-29(37)38-18-26-23-11-7-5-9-21(23)22-10-6-8-12-24(22)26/h5-16,26H,17-18H2,1-4H3,(H,34,37)(H3,33,35,36). The number of H-pyrrole nitrogens is 1. The Bertz CT molecular complexity index is 1570. The molecular formula is C31H33BN4O4. The number of anilines is 1. The third-order valence-electron chi connectivity index (χ3n) is 8.30. The maximum absolute atomic E-state index is 13.0. The zero-order valence-electron chi connectivity index (χ0n) is 23.2. The number of nitrogens with two attached hydrogens (primary N) is 1. The molecule has 1 aliphatic carbocycles. The number of alkyl carbamates (subject to hydrolysis) is 1. The fraction of sp³-hybridized carbons (Fsp3) is 0.290. The topological polar surface area (TPSA) is 111 Å². The van der Waals surface area contributed by atoms with Crippen LogP contribution in [0.5, 0.6) is 0 Å². The molecule has 1 aromatic heterocycles. The number of rotatable bonds is 6. The van der Waals surface area contributed by atoms with Gasteiger partial charge in [-0.15, -0.1) is 0 Å². The number of nitrogens with one attached hydrogen (secondary N) is 2. The number of aromatic nitrogens is 2. The molecule has 1 amide bonds. The van der Waals surface area contributed by atoms with Crippen LogP contribution in [0.1, 0.15) is 50.3 Å². The highest BCUT2D eigenvalue weighted by Crippen LogP contribution is 2.44. The van der Waals surface area contributed by atoms with Crippen molar-refractivity contribution < 1.29 is 18.8 Å². The van der Waals surface area contributed by atoms with E-state index in [-0.39, 0.29) is 19.1 Å². The normalized spacial score (nSPS) is 17.6. The first-order valence-electron chi connectivity index (χ1n) is 13.5. The minimum Gasteiger partial charge on any atom is -0.449 e. The summed E-state index contributed by atoms with van der Waals surface area (Å²) in [6.07, 6.45) is 1.46. The van der Waals surface area contributed by atoms with Gasteiger partial charge in [-0.05, 0) is 73.1 Å². The van der Waals surface area contributed by atoms with E-state index < -0.39 is 24.4 Å². The second-order valence-electron chi connectivity index (χ2n) is 11.4. The van der Waals surface area contributed by atoms with Crippen LogP contribution in [0, 0.1) is 0 Å². The third kappa shape index (κ3) is 4.65. The Balaban J connectivity index is 1.19. The van der Waals surface area contributed by atoms with Gasteiger partial charge in [-0.25, -0.2) is 4.79 Å². The molecule has 1 fully saturated rings. The number of carbonyl (C=O) groups excluding carboxylic acids is 1. The summed E-state index contributed by atoms with van der Waals surface area (Å²) in [5.41, 5.74) is 12.1. The summed E-state index contributed by atoms with van der Waals surface area (Å²) in [5.74, 6) is 0.443. The molecule has 0 unspecified atom stereocenters. The lowest BCUT2D eigenvalue weighted by atomic mass is 9.77. The van der Waals surface area contributed by atoms with Crippen LogP contribution in [0.3, 0.4) is 0 Å². The van der Waals surface area contributed by atoms with E-state index in [0.29, 0.717) is 5.82 Å². The Kier molecular flexibility index (Phi) is 6.43. The maximum atomic E-state index is 13.0. The van der Waals surface area contributed by atoms with Crippen molar-refractivity contribution in [2.45, 2.75) is 44.8 Å². The predicted molar refractivity (Wildman–Crippen MR) is 158 cm³/mol. The lowest BCUT2D eigenvalue weighted by Crippen LogP contribution is -2.41. The fourth-order valence-corrected chi connectivity index (χ4v) is 5.38. The summed E-state index contributed by atoms with van der Waals surface area (Å²) in [7, 11) is -0.638. The van der Waals surface area contributed by atoms with Crippen LogP contribution < -0.4 is 11.1 Å². The Morgan fingerprint density at radius 3 is 2.30 bits per heavy atom. The second-order valence-corrected chi connectivity index (χ2v) is 11.4. The highest BCUT2D eigenvalue weighted by molar-refractivity contribution is 6.56. The number of hydrogen-bond acceptors (Lipinski definition) is 6. The molecule has 4 N–H and O–H groups in total. The summed E-state index contributed by atoms with van der Waals surface area (Å²) >= 11 is 0. The van der Waals surface area contributed by atoms with Gasteiger partial charge in [0.2, 0.25) is 0 Å². The minimum atomic E-state index is -0.638. The molecule has 3 aromatic carbocycles. The Hall–Kier alpha value is -4.08. The number of amides is 1. The predicted octanol–water partition coefficient (Wildman–Crippen LogP) is 5.70. The number of aromatic amines is 1. The smallest absolute Gasteiger partial charge is 0.449 e. The van der Waals surface area contributed by atoms with E-state index in [4.69, 9.17) is 19.8 Å². The van der Waals surface area contributed by atoms with Crippen molar-refractivity contribution in [2.75, 3.05) is 18.9 Å². The summed E-state index contributed by atoms with van der Waals surface area (Å²) in [4.78, 5) is 13.0. The number of nitrogens with zero attached hydrogens (tertiary/aromatic N) is 1. The molecule has 0 atom stereocenters. The van der Waals surface area contributed by atoms with Crippen molar-refractivity contribution in [1.82, 2.24) is 15.5 Å². The van der Waals surface area contributed by atoms with Crippen molar-refractivity contribution in [3.63, 3.8) is 0 Å². The van der Waals surface area contributed by atoms with Crippen LogP contribution in [0.15, 0.2) is 72.2 Å². The maximum Gasteiger partial charge on any atom is 0.492 e. The van der Waals surface area contributed by atoms with Gasteiger partial charge in [0.25, 0.3) is 0 Å². The van der Waals surface area contributed by atoms with Gasteiger partial charge < -0.3 is 25.1 Å². The molecule has 1 aliphatic heterocycles. The van der Waals surface area contributed by atoms with Gasteiger partial charge in [-0.2, -0.15) is 5.10 Å². The van der Waals surface area contributed by atoms with Gasteiger partial charge >= 0.3 is 13.2 Å². The zero-order chi connectivity index (χ0) is 28.1. The van der Waals surface area contributed by atoms with E-state index in [2.05, 4.69) is 39.8 Å². The molecule has 1 saturated heterocycles. The summed E-state index contributed by atoms with van der Waals surface area (Å²) in [5, 5.41) is 10.8. The Morgan fingerprint density at radius 1 is 1.02 bits per heavy atom. The molecule has 0 bridgehead atoms. The van der Waals surface area contributed by atoms with Crippen LogP contribution in [-0.2, 0) is 14.0 Å². The molecule has 4 aromatic rings. The number of carbonyl (C=O) groups is 1. The van der Waals surface area contributed by atoms with Gasteiger partial charge in [0.05, 0.1) is 16.7 Å². The fourth-order valence-electron chi connectivity index (χ4n) is 5.38. The van der Waals surface area contributed by atoms with Crippen LogP contribution in [0.25, 0.3) is 28.1 Å². The summed E-state index contributed by atoms with van der Waals surface area (Å²) < 4.78 is 18.4. The first-order valence-corrected chi connectivity index (χ1v) is 13.5. The Labute approximate surface area is 234 Å². The van der Waals surface area contributed by atoms with E-state index >= 15 is 0 Å². The third-order valence-corrected chi connectivity index (χ3v) is 8.30. The van der Waals surface area contributed by atoms with Crippen molar-refractivity contribution in [1.29, 1.82) is 0 Å². The first-order chi connectivity index (χ1) is 19.1. The van der Waals surface area contributed by atoms with Crippen LogP contribution in [0.2, 0.25) is 0 Å². The lowest BCUT2D eigenvalue weighted by Gasteiger charge is -2.32. The molecule has 9 heteroatoms. The van der Waals surface area contributed by atoms with E-state index in [1.807, 2.05) is 76.2 Å². The van der Waals surface area contributed by atoms with Crippen molar-refractivity contribution >= 4 is 36.0 Å². The zero-order valence-corrected chi connectivity index (χ0v) is 23.2. The molecule has 0 saturated carbocycles. The molecule has 204 valence electrons. The highest BCUT2D eigenvalue weighted by atomic mass is 16.7. The molecule has 2 heterocycles. The molecule has 40 heavy (non-hydrogen) atoms. The minimum absolute atomic E-state index is 0.00942. The van der Waals surface area contributed by atoms with E-state index in [1.165, 1.54) is 22.3 Å². The number of benzene rings is 3. The lowest BCUT2D eigenvalue weighted by molar-refractivity contribution is 0.00578. The van der Waals surface area contributed by atoms with E-state index in [0.717, 1.165) is 21.9 Å². The number of fused-ring (bicyclic) bond motifs is 4. The van der Waals surface area contributed by atoms with Crippen molar-refractivity contribution in [3.8, 4) is 11.1 Å². The van der Waals surface area contributed by atoms with Gasteiger partial charge in [-0.1, -0.05) is 60.7 Å². The van der Waals surface area contributed by atoms with Gasteiger partial charge in [0.15, 0.2) is 5.82 Å². The summed E-state index contributed by atoms with van der Waals surface area (Å²) in [6.45, 7) is 8.45. The number of hydrogen-bond donors (Lipinski definition) is 3. The quantitative estimate of drug-likeness (QED) is 0.273. The first kappa shape index (κ1) is 26.2. The van der Waals surface area contributed by atoms with Crippen LogP contribution >= 0.6 is 0 Å². The average molecular weight is 536 g/mol. The second kappa shape index (κ2) is 9.84. The van der Waals surface area contributed by atoms with Crippen LogP contribution in [0.4, 0.5) is 10.6 Å². The number of ether oxygens (including phenoxy) is 1. The highest BCUT2D eigenvalue weighted by Gasteiger charge is 2.52. The Morgan fingerprint density at radius 2 is 1.65 bits per heavy atom. The molecule has 2 aliphatic rings. The molecular weight excluding hydrogens is 503 g/mol. The SMILES string of the molecule is CC1(C)OB(C(=Cc2ccc3c(N)n[nH]c3c2)CNC(=O)OCC2c3ccccc3-c3ccccc32)OC1(C)C. The molecule has 6 rings (SSSR count). The van der Waals surface area contributed by atoms with Crippen LogP contribution in [-0.4, -0.2) is 47.8 Å².